The maximum atomic E-state index is 12.5. The Morgan fingerprint density at radius 1 is 1.00 bits per heavy atom. The first kappa shape index (κ1) is 24.5. The zero-order valence-electron chi connectivity index (χ0n) is 18.2. The lowest BCUT2D eigenvalue weighted by Gasteiger charge is -2.12. The summed E-state index contributed by atoms with van der Waals surface area (Å²) in [5.74, 6) is 0.863. The Balaban J connectivity index is 1.49. The van der Waals surface area contributed by atoms with Crippen molar-refractivity contribution in [2.75, 3.05) is 7.11 Å². The minimum atomic E-state index is -0.223. The SMILES string of the molecule is COc1cc(C=C2SC(=Nc3ccc(C)c(Cl)c3)NC2=O)ccc1OCc1ccc(Cl)cc1Cl. The lowest BCUT2D eigenvalue weighted by molar-refractivity contribution is -0.115. The van der Waals surface area contributed by atoms with E-state index in [2.05, 4.69) is 10.3 Å². The van der Waals surface area contributed by atoms with Gasteiger partial charge in [-0.3, -0.25) is 4.79 Å². The number of nitrogens with one attached hydrogen (secondary N) is 1. The predicted molar refractivity (Wildman–Crippen MR) is 141 cm³/mol. The topological polar surface area (TPSA) is 59.9 Å². The van der Waals surface area contributed by atoms with Crippen LogP contribution in [-0.4, -0.2) is 18.2 Å². The van der Waals surface area contributed by atoms with Crippen molar-refractivity contribution in [2.45, 2.75) is 13.5 Å². The number of rotatable bonds is 6. The van der Waals surface area contributed by atoms with Crippen LogP contribution in [0.4, 0.5) is 5.69 Å². The molecule has 0 atom stereocenters. The molecule has 9 heteroatoms. The molecular formula is C25H19Cl3N2O3S. The zero-order chi connectivity index (χ0) is 24.2. The second-order valence-electron chi connectivity index (χ2n) is 7.35. The van der Waals surface area contributed by atoms with E-state index in [9.17, 15) is 4.79 Å². The number of thioether (sulfide) groups is 1. The third-order valence-corrected chi connectivity index (χ3v) is 6.82. The van der Waals surface area contributed by atoms with E-state index in [1.54, 1.807) is 43.5 Å². The molecule has 4 rings (SSSR count). The first-order valence-corrected chi connectivity index (χ1v) is 12.1. The quantitative estimate of drug-likeness (QED) is 0.335. The van der Waals surface area contributed by atoms with Crippen molar-refractivity contribution in [1.29, 1.82) is 0 Å². The summed E-state index contributed by atoms with van der Waals surface area (Å²) < 4.78 is 11.4. The molecule has 0 aromatic heterocycles. The number of amidine groups is 1. The Morgan fingerprint density at radius 2 is 1.82 bits per heavy atom. The van der Waals surface area contributed by atoms with Gasteiger partial charge in [0.15, 0.2) is 16.7 Å². The molecule has 3 aromatic carbocycles. The molecule has 0 unspecified atom stereocenters. The summed E-state index contributed by atoms with van der Waals surface area (Å²) in [5.41, 5.74) is 3.22. The minimum absolute atomic E-state index is 0.223. The van der Waals surface area contributed by atoms with Crippen LogP contribution in [0.15, 0.2) is 64.5 Å². The fraction of sp³-hybridized carbons (Fsp3) is 0.120. The average molecular weight is 534 g/mol. The van der Waals surface area contributed by atoms with Gasteiger partial charge < -0.3 is 14.8 Å². The van der Waals surface area contributed by atoms with Gasteiger partial charge in [0, 0.05) is 20.6 Å². The lowest BCUT2D eigenvalue weighted by Crippen LogP contribution is -2.19. The molecule has 1 aliphatic rings. The van der Waals surface area contributed by atoms with Crippen LogP contribution in [-0.2, 0) is 11.4 Å². The van der Waals surface area contributed by atoms with Crippen LogP contribution in [0, 0.1) is 6.92 Å². The molecular weight excluding hydrogens is 515 g/mol. The molecule has 0 aliphatic carbocycles. The zero-order valence-corrected chi connectivity index (χ0v) is 21.3. The monoisotopic (exact) mass is 532 g/mol. The van der Waals surface area contributed by atoms with Gasteiger partial charge in [-0.15, -0.1) is 0 Å². The molecule has 0 radical (unpaired) electrons. The highest BCUT2D eigenvalue weighted by Gasteiger charge is 2.24. The number of aryl methyl sites for hydroxylation is 1. The number of ether oxygens (including phenoxy) is 2. The van der Waals surface area contributed by atoms with Crippen molar-refractivity contribution in [3.63, 3.8) is 0 Å². The summed E-state index contributed by atoms with van der Waals surface area (Å²) in [6, 6.07) is 16.2. The van der Waals surface area contributed by atoms with Gasteiger partial charge in [0.25, 0.3) is 5.91 Å². The fourth-order valence-electron chi connectivity index (χ4n) is 3.09. The van der Waals surface area contributed by atoms with E-state index >= 15 is 0 Å². The number of benzene rings is 3. The molecule has 3 aromatic rings. The maximum Gasteiger partial charge on any atom is 0.264 e. The van der Waals surface area contributed by atoms with Gasteiger partial charge in [0.05, 0.1) is 17.7 Å². The Kier molecular flexibility index (Phi) is 7.73. The Hall–Kier alpha value is -2.64. The highest BCUT2D eigenvalue weighted by atomic mass is 35.5. The van der Waals surface area contributed by atoms with Gasteiger partial charge >= 0.3 is 0 Å². The highest BCUT2D eigenvalue weighted by molar-refractivity contribution is 8.18. The number of carbonyl (C=O) groups excluding carboxylic acids is 1. The van der Waals surface area contributed by atoms with Crippen molar-refractivity contribution < 1.29 is 14.3 Å². The second-order valence-corrected chi connectivity index (χ2v) is 9.63. The second kappa shape index (κ2) is 10.7. The molecule has 1 fully saturated rings. The predicted octanol–water partition coefficient (Wildman–Crippen LogP) is 7.43. The van der Waals surface area contributed by atoms with E-state index in [0.29, 0.717) is 42.3 Å². The maximum absolute atomic E-state index is 12.5. The van der Waals surface area contributed by atoms with Crippen LogP contribution in [0.25, 0.3) is 6.08 Å². The number of hydrogen-bond donors (Lipinski definition) is 1. The van der Waals surface area contributed by atoms with Gasteiger partial charge in [-0.2, -0.15) is 0 Å². The van der Waals surface area contributed by atoms with Gasteiger partial charge in [-0.1, -0.05) is 53.0 Å². The molecule has 1 amide bonds. The number of carbonyl (C=O) groups is 1. The molecule has 0 saturated carbocycles. The van der Waals surface area contributed by atoms with Crippen LogP contribution in [0.2, 0.25) is 15.1 Å². The number of nitrogens with zero attached hydrogens (tertiary/aromatic N) is 1. The lowest BCUT2D eigenvalue weighted by atomic mass is 10.2. The summed E-state index contributed by atoms with van der Waals surface area (Å²) in [7, 11) is 1.56. The van der Waals surface area contributed by atoms with E-state index in [1.165, 1.54) is 11.8 Å². The normalized spacial score (nSPS) is 15.6. The Labute approximate surface area is 216 Å². The van der Waals surface area contributed by atoms with Gasteiger partial charge in [0.1, 0.15) is 6.61 Å². The Morgan fingerprint density at radius 3 is 2.56 bits per heavy atom. The van der Waals surface area contributed by atoms with E-state index in [0.717, 1.165) is 16.7 Å². The first-order chi connectivity index (χ1) is 16.3. The highest BCUT2D eigenvalue weighted by Crippen LogP contribution is 2.33. The van der Waals surface area contributed by atoms with Crippen LogP contribution >= 0.6 is 46.6 Å². The largest absolute Gasteiger partial charge is 0.493 e. The first-order valence-electron chi connectivity index (χ1n) is 10.1. The Bertz CT molecular complexity index is 1320. The minimum Gasteiger partial charge on any atom is -0.493 e. The third-order valence-electron chi connectivity index (χ3n) is 4.92. The molecule has 34 heavy (non-hydrogen) atoms. The van der Waals surface area contributed by atoms with E-state index in [-0.39, 0.29) is 12.5 Å². The van der Waals surface area contributed by atoms with Crippen molar-refractivity contribution >= 4 is 69.4 Å². The number of aliphatic imine (C=N–C) groups is 1. The van der Waals surface area contributed by atoms with Crippen molar-refractivity contribution in [3.05, 3.63) is 91.3 Å². The van der Waals surface area contributed by atoms with Crippen LogP contribution in [0.1, 0.15) is 16.7 Å². The van der Waals surface area contributed by atoms with Crippen LogP contribution < -0.4 is 14.8 Å². The summed E-state index contributed by atoms with van der Waals surface area (Å²) in [6.07, 6.45) is 1.77. The van der Waals surface area contributed by atoms with Crippen molar-refractivity contribution in [1.82, 2.24) is 5.32 Å². The van der Waals surface area contributed by atoms with Crippen LogP contribution in [0.5, 0.6) is 11.5 Å². The number of halogens is 3. The summed E-state index contributed by atoms with van der Waals surface area (Å²) in [5, 5.41) is 4.99. The van der Waals surface area contributed by atoms with E-state index in [1.807, 2.05) is 31.2 Å². The average Bonchev–Trinajstić information content (AvgIpc) is 3.14. The molecule has 1 saturated heterocycles. The molecule has 0 bridgehead atoms. The van der Waals surface area contributed by atoms with Crippen LogP contribution in [0.3, 0.4) is 0 Å². The van der Waals surface area contributed by atoms with E-state index < -0.39 is 0 Å². The summed E-state index contributed by atoms with van der Waals surface area (Å²) in [4.78, 5) is 17.4. The molecule has 1 heterocycles. The molecule has 174 valence electrons. The molecule has 0 spiro atoms. The standard InChI is InChI=1S/C25H19Cl3N2O3S/c1-14-3-7-18(12-19(14)27)29-25-30-24(31)23(34-25)10-15-4-8-21(22(9-15)32-2)33-13-16-5-6-17(26)11-20(16)28/h3-12H,13H2,1-2H3,(H,29,30,31). The number of amides is 1. The summed E-state index contributed by atoms with van der Waals surface area (Å²) >= 11 is 19.6. The summed E-state index contributed by atoms with van der Waals surface area (Å²) in [6.45, 7) is 2.18. The van der Waals surface area contributed by atoms with Crippen molar-refractivity contribution in [3.8, 4) is 11.5 Å². The third kappa shape index (κ3) is 5.88. The smallest absolute Gasteiger partial charge is 0.264 e. The molecule has 1 N–H and O–H groups in total. The van der Waals surface area contributed by atoms with E-state index in [4.69, 9.17) is 44.3 Å². The van der Waals surface area contributed by atoms with Crippen molar-refractivity contribution in [2.24, 2.45) is 4.99 Å². The van der Waals surface area contributed by atoms with Gasteiger partial charge in [-0.25, -0.2) is 4.99 Å². The van der Waals surface area contributed by atoms with Gasteiger partial charge in [-0.05, 0) is 72.3 Å². The molecule has 5 nitrogen and oxygen atoms in total. The number of methoxy groups -OCH3 is 1. The molecule has 1 aliphatic heterocycles. The van der Waals surface area contributed by atoms with Gasteiger partial charge in [0.2, 0.25) is 0 Å². The number of hydrogen-bond acceptors (Lipinski definition) is 5. The fourth-order valence-corrected chi connectivity index (χ4v) is 4.57.